The van der Waals surface area contributed by atoms with Gasteiger partial charge >= 0.3 is 0 Å². The third kappa shape index (κ3) is 6.30. The van der Waals surface area contributed by atoms with Crippen LogP contribution in [0.1, 0.15) is 29.0 Å². The van der Waals surface area contributed by atoms with Gasteiger partial charge in [-0.05, 0) is 23.1 Å². The lowest BCUT2D eigenvalue weighted by Crippen LogP contribution is -2.27. The normalized spacial score (nSPS) is 10.7. The largest absolute Gasteiger partial charge is 0.355 e. The molecule has 0 unspecified atom stereocenters. The molecule has 0 aliphatic rings. The second kappa shape index (κ2) is 10.6. The lowest BCUT2D eigenvalue weighted by atomic mass is 9.88. The zero-order chi connectivity index (χ0) is 18.7. The molecule has 3 aromatic carbocycles. The standard InChI is InChI=1S/C24H25NOS/c26-24(19-27-18-20-10-4-1-5-11-20)25-17-16-23(21-12-6-2-7-13-21)22-14-8-3-9-15-22/h1-15,23H,16-19H2,(H,25,26). The van der Waals surface area contributed by atoms with Crippen LogP contribution in [0.5, 0.6) is 0 Å². The van der Waals surface area contributed by atoms with Gasteiger partial charge in [0.2, 0.25) is 5.91 Å². The fourth-order valence-electron chi connectivity index (χ4n) is 3.14. The molecule has 3 rings (SSSR count). The number of hydrogen-bond acceptors (Lipinski definition) is 2. The van der Waals surface area contributed by atoms with Gasteiger partial charge in [0, 0.05) is 18.2 Å². The van der Waals surface area contributed by atoms with Crippen LogP contribution in [0.4, 0.5) is 0 Å². The number of rotatable bonds is 9. The minimum absolute atomic E-state index is 0.107. The Hall–Kier alpha value is -2.52. The van der Waals surface area contributed by atoms with Crippen molar-refractivity contribution < 1.29 is 4.79 Å². The summed E-state index contributed by atoms with van der Waals surface area (Å²) in [4.78, 5) is 12.2. The fourth-order valence-corrected chi connectivity index (χ4v) is 3.96. The van der Waals surface area contributed by atoms with Gasteiger partial charge < -0.3 is 5.32 Å². The van der Waals surface area contributed by atoms with E-state index in [0.29, 0.717) is 18.2 Å². The summed E-state index contributed by atoms with van der Waals surface area (Å²) in [6, 6.07) is 31.3. The number of hydrogen-bond donors (Lipinski definition) is 1. The van der Waals surface area contributed by atoms with Gasteiger partial charge in [-0.2, -0.15) is 0 Å². The highest BCUT2D eigenvalue weighted by Crippen LogP contribution is 2.27. The zero-order valence-electron chi connectivity index (χ0n) is 15.4. The minimum Gasteiger partial charge on any atom is -0.355 e. The van der Waals surface area contributed by atoms with Crippen LogP contribution in [0.2, 0.25) is 0 Å². The molecule has 0 aliphatic heterocycles. The van der Waals surface area contributed by atoms with Gasteiger partial charge in [-0.15, -0.1) is 11.8 Å². The maximum Gasteiger partial charge on any atom is 0.230 e. The molecule has 3 aromatic rings. The van der Waals surface area contributed by atoms with E-state index in [2.05, 4.69) is 66.0 Å². The van der Waals surface area contributed by atoms with E-state index >= 15 is 0 Å². The monoisotopic (exact) mass is 375 g/mol. The van der Waals surface area contributed by atoms with Crippen molar-refractivity contribution in [3.63, 3.8) is 0 Å². The number of amides is 1. The maximum atomic E-state index is 12.2. The molecule has 0 heterocycles. The lowest BCUT2D eigenvalue weighted by molar-refractivity contribution is -0.118. The van der Waals surface area contributed by atoms with Crippen molar-refractivity contribution in [2.45, 2.75) is 18.1 Å². The summed E-state index contributed by atoms with van der Waals surface area (Å²) >= 11 is 1.65. The Bertz CT molecular complexity index is 766. The summed E-state index contributed by atoms with van der Waals surface area (Å²) in [5, 5.41) is 3.08. The van der Waals surface area contributed by atoms with Crippen molar-refractivity contribution in [1.29, 1.82) is 0 Å². The lowest BCUT2D eigenvalue weighted by Gasteiger charge is -2.18. The first kappa shape index (κ1) is 19.2. The second-order valence-electron chi connectivity index (χ2n) is 6.49. The predicted molar refractivity (Wildman–Crippen MR) is 115 cm³/mol. The molecular weight excluding hydrogens is 350 g/mol. The third-order valence-electron chi connectivity index (χ3n) is 4.50. The van der Waals surface area contributed by atoms with E-state index in [1.54, 1.807) is 11.8 Å². The highest BCUT2D eigenvalue weighted by Gasteiger charge is 2.14. The molecule has 0 bridgehead atoms. The summed E-state index contributed by atoms with van der Waals surface area (Å²) in [5.41, 5.74) is 3.83. The Morgan fingerprint density at radius 3 is 1.85 bits per heavy atom. The molecule has 27 heavy (non-hydrogen) atoms. The van der Waals surface area contributed by atoms with Gasteiger partial charge in [0.15, 0.2) is 0 Å². The van der Waals surface area contributed by atoms with Crippen LogP contribution in [0.3, 0.4) is 0 Å². The van der Waals surface area contributed by atoms with E-state index in [0.717, 1.165) is 12.2 Å². The van der Waals surface area contributed by atoms with E-state index in [4.69, 9.17) is 0 Å². The van der Waals surface area contributed by atoms with Gasteiger partial charge in [0.1, 0.15) is 0 Å². The highest BCUT2D eigenvalue weighted by atomic mass is 32.2. The molecule has 0 saturated carbocycles. The fraction of sp³-hybridized carbons (Fsp3) is 0.208. The average Bonchev–Trinajstić information content (AvgIpc) is 2.73. The Kier molecular flexibility index (Phi) is 7.55. The molecular formula is C24H25NOS. The van der Waals surface area contributed by atoms with Gasteiger partial charge in [-0.25, -0.2) is 0 Å². The Labute approximate surface area is 166 Å². The number of benzene rings is 3. The van der Waals surface area contributed by atoms with Crippen LogP contribution in [-0.4, -0.2) is 18.2 Å². The highest BCUT2D eigenvalue weighted by molar-refractivity contribution is 7.99. The first-order valence-electron chi connectivity index (χ1n) is 9.31. The summed E-state index contributed by atoms with van der Waals surface area (Å²) < 4.78 is 0. The van der Waals surface area contributed by atoms with Crippen molar-refractivity contribution in [3.8, 4) is 0 Å². The minimum atomic E-state index is 0.107. The topological polar surface area (TPSA) is 29.1 Å². The summed E-state index contributed by atoms with van der Waals surface area (Å²) in [6.45, 7) is 0.680. The van der Waals surface area contributed by atoms with E-state index in [9.17, 15) is 4.79 Å². The van der Waals surface area contributed by atoms with Gasteiger partial charge in [0.25, 0.3) is 0 Å². The molecule has 1 amide bonds. The first-order chi connectivity index (χ1) is 13.3. The van der Waals surface area contributed by atoms with E-state index in [1.165, 1.54) is 16.7 Å². The van der Waals surface area contributed by atoms with Gasteiger partial charge in [-0.3, -0.25) is 4.79 Å². The molecule has 0 saturated heterocycles. The molecule has 0 spiro atoms. The zero-order valence-corrected chi connectivity index (χ0v) is 16.2. The van der Waals surface area contributed by atoms with Crippen LogP contribution in [-0.2, 0) is 10.5 Å². The van der Waals surface area contributed by atoms with E-state index in [1.807, 2.05) is 30.3 Å². The molecule has 0 fully saturated rings. The summed E-state index contributed by atoms with van der Waals surface area (Å²) in [7, 11) is 0. The Morgan fingerprint density at radius 1 is 0.778 bits per heavy atom. The molecule has 0 radical (unpaired) electrons. The van der Waals surface area contributed by atoms with E-state index < -0.39 is 0 Å². The Morgan fingerprint density at radius 2 is 1.30 bits per heavy atom. The van der Waals surface area contributed by atoms with Crippen molar-refractivity contribution in [3.05, 3.63) is 108 Å². The van der Waals surface area contributed by atoms with Crippen LogP contribution in [0.25, 0.3) is 0 Å². The maximum absolute atomic E-state index is 12.2. The summed E-state index contributed by atoms with van der Waals surface area (Å²) in [6.07, 6.45) is 0.892. The Balaban J connectivity index is 1.48. The molecule has 3 heteroatoms. The van der Waals surface area contributed by atoms with Crippen LogP contribution < -0.4 is 5.32 Å². The quantitative estimate of drug-likeness (QED) is 0.553. The molecule has 2 nitrogen and oxygen atoms in total. The van der Waals surface area contributed by atoms with Gasteiger partial charge in [-0.1, -0.05) is 91.0 Å². The SMILES string of the molecule is O=C(CSCc1ccccc1)NCCC(c1ccccc1)c1ccccc1. The summed E-state index contributed by atoms with van der Waals surface area (Å²) in [5.74, 6) is 1.77. The molecule has 0 atom stereocenters. The number of thioether (sulfide) groups is 1. The van der Waals surface area contributed by atoms with Crippen molar-refractivity contribution in [1.82, 2.24) is 5.32 Å². The molecule has 0 aliphatic carbocycles. The van der Waals surface area contributed by atoms with Crippen molar-refractivity contribution in [2.24, 2.45) is 0 Å². The predicted octanol–water partition coefficient (Wildman–Crippen LogP) is 5.26. The van der Waals surface area contributed by atoms with Crippen LogP contribution in [0, 0.1) is 0 Å². The van der Waals surface area contributed by atoms with E-state index in [-0.39, 0.29) is 5.91 Å². The number of carbonyl (C=O) groups excluding carboxylic acids is 1. The average molecular weight is 376 g/mol. The molecule has 138 valence electrons. The van der Waals surface area contributed by atoms with Crippen LogP contribution in [0.15, 0.2) is 91.0 Å². The third-order valence-corrected chi connectivity index (χ3v) is 5.51. The van der Waals surface area contributed by atoms with Gasteiger partial charge in [0.05, 0.1) is 5.75 Å². The molecule has 0 aromatic heterocycles. The molecule has 1 N–H and O–H groups in total. The number of nitrogens with one attached hydrogen (secondary N) is 1. The van der Waals surface area contributed by atoms with Crippen molar-refractivity contribution >= 4 is 17.7 Å². The smallest absolute Gasteiger partial charge is 0.230 e. The number of carbonyl (C=O) groups is 1. The first-order valence-corrected chi connectivity index (χ1v) is 10.5. The second-order valence-corrected chi connectivity index (χ2v) is 7.48. The van der Waals surface area contributed by atoms with Crippen molar-refractivity contribution in [2.75, 3.05) is 12.3 Å². The van der Waals surface area contributed by atoms with Crippen LogP contribution >= 0.6 is 11.8 Å².